The van der Waals surface area contributed by atoms with Crippen LogP contribution >= 0.6 is 0 Å². The minimum Gasteiger partial charge on any atom is -0.472 e. The number of hydrogen-bond donors (Lipinski definition) is 0. The molecule has 1 aromatic rings. The van der Waals surface area contributed by atoms with Gasteiger partial charge in [0, 0.05) is 5.56 Å². The van der Waals surface area contributed by atoms with E-state index in [-0.39, 0.29) is 12.1 Å². The maximum absolute atomic E-state index is 5.72. The summed E-state index contributed by atoms with van der Waals surface area (Å²) in [4.78, 5) is 4.54. The summed E-state index contributed by atoms with van der Waals surface area (Å²) < 4.78 is 5.72. The van der Waals surface area contributed by atoms with Crippen molar-refractivity contribution in [1.82, 2.24) is 0 Å². The van der Waals surface area contributed by atoms with Crippen molar-refractivity contribution in [3.8, 4) is 0 Å². The summed E-state index contributed by atoms with van der Waals surface area (Å²) in [6.45, 7) is 5.67. The van der Waals surface area contributed by atoms with Crippen molar-refractivity contribution in [2.24, 2.45) is 4.99 Å². The van der Waals surface area contributed by atoms with E-state index in [4.69, 9.17) is 4.74 Å². The molecule has 0 aliphatic carbocycles. The molecule has 1 aliphatic heterocycles. The molecular formula is C14H15NO. The summed E-state index contributed by atoms with van der Waals surface area (Å²) >= 11 is 0. The summed E-state index contributed by atoms with van der Waals surface area (Å²) in [5.74, 6) is 0.729. The van der Waals surface area contributed by atoms with E-state index in [0.29, 0.717) is 0 Å². The Balaban J connectivity index is 2.19. The lowest BCUT2D eigenvalue weighted by Crippen LogP contribution is -2.16. The third-order valence-electron chi connectivity index (χ3n) is 2.51. The van der Waals surface area contributed by atoms with E-state index in [1.54, 1.807) is 6.08 Å². The van der Waals surface area contributed by atoms with Crippen molar-refractivity contribution in [3.05, 3.63) is 60.7 Å². The Labute approximate surface area is 96.0 Å². The highest BCUT2D eigenvalue weighted by atomic mass is 16.5. The zero-order valence-corrected chi connectivity index (χ0v) is 9.34. The molecule has 16 heavy (non-hydrogen) atoms. The fourth-order valence-corrected chi connectivity index (χ4v) is 1.63. The Bertz CT molecular complexity index is 420. The molecule has 0 saturated carbocycles. The van der Waals surface area contributed by atoms with E-state index in [9.17, 15) is 0 Å². The van der Waals surface area contributed by atoms with Gasteiger partial charge in [0.05, 0.1) is 0 Å². The van der Waals surface area contributed by atoms with Crippen molar-refractivity contribution >= 4 is 5.90 Å². The smallest absolute Gasteiger partial charge is 0.217 e. The summed E-state index contributed by atoms with van der Waals surface area (Å²) in [5, 5.41) is 0. The lowest BCUT2D eigenvalue weighted by atomic mass is 10.2. The lowest BCUT2D eigenvalue weighted by molar-refractivity contribution is 0.227. The van der Waals surface area contributed by atoms with Crippen LogP contribution in [0.2, 0.25) is 0 Å². The van der Waals surface area contributed by atoms with Gasteiger partial charge >= 0.3 is 0 Å². The zero-order valence-electron chi connectivity index (χ0n) is 9.34. The summed E-state index contributed by atoms with van der Waals surface area (Å²) in [6, 6.07) is 10.1. The van der Waals surface area contributed by atoms with Crippen LogP contribution in [-0.2, 0) is 4.74 Å². The summed E-state index contributed by atoms with van der Waals surface area (Å²) in [7, 11) is 0. The number of aliphatic imine (C=N–C) groups is 1. The first-order chi connectivity index (χ1) is 7.81. The second kappa shape index (κ2) is 4.79. The molecule has 0 fully saturated rings. The molecular weight excluding hydrogens is 198 g/mol. The topological polar surface area (TPSA) is 21.6 Å². The average molecular weight is 213 g/mol. The molecule has 0 radical (unpaired) electrons. The van der Waals surface area contributed by atoms with Crippen LogP contribution in [0.25, 0.3) is 0 Å². The minimum atomic E-state index is 0.0893. The monoisotopic (exact) mass is 213 g/mol. The SMILES string of the molecule is C=C/C=C\C1N=C(c2ccccc2)OC1C. The van der Waals surface area contributed by atoms with Crippen molar-refractivity contribution < 1.29 is 4.74 Å². The Morgan fingerprint density at radius 1 is 1.31 bits per heavy atom. The van der Waals surface area contributed by atoms with E-state index in [1.165, 1.54) is 0 Å². The van der Waals surface area contributed by atoms with Crippen LogP contribution in [0, 0.1) is 0 Å². The van der Waals surface area contributed by atoms with E-state index < -0.39 is 0 Å². The summed E-state index contributed by atoms with van der Waals surface area (Å²) in [5.41, 5.74) is 1.03. The van der Waals surface area contributed by atoms with Gasteiger partial charge in [-0.15, -0.1) is 0 Å². The Kier molecular flexibility index (Phi) is 3.20. The molecule has 0 bridgehead atoms. The number of benzene rings is 1. The molecule has 2 heteroatoms. The van der Waals surface area contributed by atoms with Crippen LogP contribution in [0.4, 0.5) is 0 Å². The molecule has 2 nitrogen and oxygen atoms in total. The van der Waals surface area contributed by atoms with Gasteiger partial charge in [-0.2, -0.15) is 0 Å². The third-order valence-corrected chi connectivity index (χ3v) is 2.51. The number of ether oxygens (including phenoxy) is 1. The third kappa shape index (κ3) is 2.22. The van der Waals surface area contributed by atoms with E-state index >= 15 is 0 Å². The van der Waals surface area contributed by atoms with Crippen LogP contribution in [0.1, 0.15) is 12.5 Å². The molecule has 82 valence electrons. The number of nitrogens with zero attached hydrogens (tertiary/aromatic N) is 1. The maximum Gasteiger partial charge on any atom is 0.217 e. The standard InChI is InChI=1S/C14H15NO/c1-3-4-10-13-11(2)16-14(15-13)12-8-6-5-7-9-12/h3-11,13H,1H2,2H3/b10-4-. The van der Waals surface area contributed by atoms with Crippen molar-refractivity contribution in [2.45, 2.75) is 19.1 Å². The normalized spacial score (nSPS) is 24.2. The fourth-order valence-electron chi connectivity index (χ4n) is 1.63. The highest BCUT2D eigenvalue weighted by molar-refractivity contribution is 5.95. The molecule has 1 heterocycles. The first kappa shape index (κ1) is 10.7. The van der Waals surface area contributed by atoms with Gasteiger partial charge in [-0.1, -0.05) is 43.0 Å². The molecule has 0 spiro atoms. The molecule has 2 unspecified atom stereocenters. The molecule has 0 aromatic heterocycles. The van der Waals surface area contributed by atoms with Gasteiger partial charge in [0.2, 0.25) is 5.90 Å². The van der Waals surface area contributed by atoms with Crippen LogP contribution < -0.4 is 0 Å². The minimum absolute atomic E-state index is 0.0893. The quantitative estimate of drug-likeness (QED) is 0.707. The van der Waals surface area contributed by atoms with Gasteiger partial charge in [0.25, 0.3) is 0 Å². The number of rotatable bonds is 3. The van der Waals surface area contributed by atoms with Gasteiger partial charge in [-0.3, -0.25) is 0 Å². The Hall–Kier alpha value is -1.83. The second-order valence-electron chi connectivity index (χ2n) is 3.73. The second-order valence-corrected chi connectivity index (χ2v) is 3.73. The first-order valence-electron chi connectivity index (χ1n) is 5.40. The Morgan fingerprint density at radius 2 is 2.06 bits per heavy atom. The highest BCUT2D eigenvalue weighted by Crippen LogP contribution is 2.18. The van der Waals surface area contributed by atoms with Gasteiger partial charge < -0.3 is 4.74 Å². The van der Waals surface area contributed by atoms with Gasteiger partial charge in [-0.25, -0.2) is 4.99 Å². The molecule has 0 amide bonds. The average Bonchev–Trinajstić information content (AvgIpc) is 2.69. The van der Waals surface area contributed by atoms with E-state index in [0.717, 1.165) is 11.5 Å². The first-order valence-corrected chi connectivity index (χ1v) is 5.40. The van der Waals surface area contributed by atoms with Crippen LogP contribution in [0.5, 0.6) is 0 Å². The van der Waals surface area contributed by atoms with Gasteiger partial charge in [0.1, 0.15) is 12.1 Å². The van der Waals surface area contributed by atoms with Crippen molar-refractivity contribution in [1.29, 1.82) is 0 Å². The number of allylic oxidation sites excluding steroid dienone is 2. The zero-order chi connectivity index (χ0) is 11.4. The fraction of sp³-hybridized carbons (Fsp3) is 0.214. The number of hydrogen-bond acceptors (Lipinski definition) is 2. The summed E-state index contributed by atoms with van der Waals surface area (Å²) in [6.07, 6.45) is 5.75. The van der Waals surface area contributed by atoms with Gasteiger partial charge in [0.15, 0.2) is 0 Å². The van der Waals surface area contributed by atoms with Gasteiger partial charge in [-0.05, 0) is 19.1 Å². The van der Waals surface area contributed by atoms with Crippen molar-refractivity contribution in [2.75, 3.05) is 0 Å². The predicted octanol–water partition coefficient (Wildman–Crippen LogP) is 2.96. The highest BCUT2D eigenvalue weighted by Gasteiger charge is 2.25. The van der Waals surface area contributed by atoms with Crippen LogP contribution in [0.3, 0.4) is 0 Å². The largest absolute Gasteiger partial charge is 0.472 e. The maximum atomic E-state index is 5.72. The van der Waals surface area contributed by atoms with Crippen molar-refractivity contribution in [3.63, 3.8) is 0 Å². The van der Waals surface area contributed by atoms with Crippen LogP contribution in [0.15, 0.2) is 60.1 Å². The predicted molar refractivity (Wildman–Crippen MR) is 66.7 cm³/mol. The molecule has 2 rings (SSSR count). The van der Waals surface area contributed by atoms with E-state index in [2.05, 4.69) is 11.6 Å². The molecule has 1 aliphatic rings. The molecule has 2 atom stereocenters. The molecule has 1 aromatic carbocycles. The van der Waals surface area contributed by atoms with Crippen LogP contribution in [-0.4, -0.2) is 18.0 Å². The molecule has 0 N–H and O–H groups in total. The molecule has 0 saturated heterocycles. The lowest BCUT2D eigenvalue weighted by Gasteiger charge is -2.08. The van der Waals surface area contributed by atoms with E-state index in [1.807, 2.05) is 49.4 Å². The Morgan fingerprint density at radius 3 is 2.75 bits per heavy atom.